The first-order chi connectivity index (χ1) is 16.8. The van der Waals surface area contributed by atoms with Gasteiger partial charge >= 0.3 is 0 Å². The maximum atomic E-state index is 12.9. The number of hydrogen-bond acceptors (Lipinski definition) is 6. The van der Waals surface area contributed by atoms with E-state index >= 15 is 0 Å². The second-order valence-corrected chi connectivity index (χ2v) is 9.81. The van der Waals surface area contributed by atoms with Gasteiger partial charge in [-0.25, -0.2) is 4.98 Å². The lowest BCUT2D eigenvalue weighted by molar-refractivity contribution is 0.0397. The van der Waals surface area contributed by atoms with Crippen LogP contribution in [-0.2, 0) is 12.0 Å². The van der Waals surface area contributed by atoms with Crippen molar-refractivity contribution in [1.82, 2.24) is 4.98 Å². The first-order valence-electron chi connectivity index (χ1n) is 11.7. The SMILES string of the molecule is CCc1ccc(C(C)(O)CCC(=O)c2ccc(OC)c(OC)c2)nc1-c1csc2c(C)cccc12. The minimum Gasteiger partial charge on any atom is -0.493 e. The summed E-state index contributed by atoms with van der Waals surface area (Å²) in [5.74, 6) is 1.00. The lowest BCUT2D eigenvalue weighted by atomic mass is 9.91. The van der Waals surface area contributed by atoms with Gasteiger partial charge in [0.2, 0.25) is 0 Å². The molecule has 0 saturated carbocycles. The summed E-state index contributed by atoms with van der Waals surface area (Å²) in [5, 5.41) is 14.7. The molecule has 0 aliphatic carbocycles. The van der Waals surface area contributed by atoms with Gasteiger partial charge in [-0.15, -0.1) is 11.3 Å². The predicted molar refractivity (Wildman–Crippen MR) is 142 cm³/mol. The Kier molecular flexibility index (Phi) is 7.24. The van der Waals surface area contributed by atoms with Crippen molar-refractivity contribution in [3.05, 3.63) is 76.3 Å². The number of aliphatic hydroxyl groups is 1. The molecule has 0 bridgehead atoms. The third kappa shape index (κ3) is 4.95. The Hall–Kier alpha value is -3.22. The highest BCUT2D eigenvalue weighted by atomic mass is 32.1. The monoisotopic (exact) mass is 489 g/mol. The molecule has 0 radical (unpaired) electrons. The number of carbonyl (C=O) groups excluding carboxylic acids is 1. The summed E-state index contributed by atoms with van der Waals surface area (Å²) in [4.78, 5) is 17.8. The number of rotatable bonds is 9. The van der Waals surface area contributed by atoms with E-state index in [-0.39, 0.29) is 18.6 Å². The van der Waals surface area contributed by atoms with Crippen LogP contribution in [0.1, 0.15) is 53.9 Å². The van der Waals surface area contributed by atoms with Crippen molar-refractivity contribution in [3.63, 3.8) is 0 Å². The molecule has 4 aromatic rings. The number of ether oxygens (including phenoxy) is 2. The molecule has 35 heavy (non-hydrogen) atoms. The minimum absolute atomic E-state index is 0.0732. The average molecular weight is 490 g/mol. The summed E-state index contributed by atoms with van der Waals surface area (Å²) in [7, 11) is 3.10. The van der Waals surface area contributed by atoms with Crippen molar-refractivity contribution in [2.24, 2.45) is 0 Å². The number of aryl methyl sites for hydroxylation is 2. The van der Waals surface area contributed by atoms with Gasteiger partial charge in [-0.1, -0.05) is 31.2 Å². The number of aromatic nitrogens is 1. The number of ketones is 1. The molecule has 1 unspecified atom stereocenters. The van der Waals surface area contributed by atoms with Crippen molar-refractivity contribution >= 4 is 27.2 Å². The molecule has 5 nitrogen and oxygen atoms in total. The van der Waals surface area contributed by atoms with Gasteiger partial charge in [-0.2, -0.15) is 0 Å². The van der Waals surface area contributed by atoms with Gasteiger partial charge in [0.05, 0.1) is 25.6 Å². The fourth-order valence-corrected chi connectivity index (χ4v) is 5.36. The Bertz CT molecular complexity index is 1370. The maximum absolute atomic E-state index is 12.9. The average Bonchev–Trinajstić information content (AvgIpc) is 3.31. The summed E-state index contributed by atoms with van der Waals surface area (Å²) >= 11 is 1.72. The van der Waals surface area contributed by atoms with Crippen LogP contribution in [0.2, 0.25) is 0 Å². The lowest BCUT2D eigenvalue weighted by Crippen LogP contribution is -2.24. The largest absolute Gasteiger partial charge is 0.493 e. The molecular weight excluding hydrogens is 458 g/mol. The molecule has 6 heteroatoms. The maximum Gasteiger partial charge on any atom is 0.163 e. The molecule has 2 aromatic heterocycles. The fraction of sp³-hybridized carbons (Fsp3) is 0.310. The van der Waals surface area contributed by atoms with E-state index in [0.717, 1.165) is 23.2 Å². The highest BCUT2D eigenvalue weighted by Gasteiger charge is 2.27. The number of methoxy groups -OCH3 is 2. The van der Waals surface area contributed by atoms with Crippen LogP contribution in [0.5, 0.6) is 11.5 Å². The van der Waals surface area contributed by atoms with Crippen LogP contribution in [0.15, 0.2) is 53.9 Å². The van der Waals surface area contributed by atoms with Gasteiger partial charge < -0.3 is 14.6 Å². The molecule has 0 amide bonds. The molecule has 1 N–H and O–H groups in total. The van der Waals surface area contributed by atoms with Crippen LogP contribution in [0, 0.1) is 6.92 Å². The number of carbonyl (C=O) groups is 1. The Morgan fingerprint density at radius 2 is 1.86 bits per heavy atom. The Morgan fingerprint density at radius 1 is 1.09 bits per heavy atom. The quantitative estimate of drug-likeness (QED) is 0.264. The van der Waals surface area contributed by atoms with E-state index in [0.29, 0.717) is 22.8 Å². The first kappa shape index (κ1) is 24.9. The summed E-state index contributed by atoms with van der Waals surface area (Å²) in [6.07, 6.45) is 1.27. The number of hydrogen-bond donors (Lipinski definition) is 1. The number of pyridine rings is 1. The second-order valence-electron chi connectivity index (χ2n) is 8.93. The number of benzene rings is 2. The second kappa shape index (κ2) is 10.2. The number of thiophene rings is 1. The molecule has 2 aromatic carbocycles. The van der Waals surface area contributed by atoms with Gasteiger partial charge in [-0.3, -0.25) is 4.79 Å². The smallest absolute Gasteiger partial charge is 0.163 e. The van der Waals surface area contributed by atoms with E-state index in [1.807, 2.05) is 12.1 Å². The standard InChI is InChI=1S/C29H31NO4S/c1-6-19-11-13-26(30-27(19)22-17-35-28-18(2)8-7-9-21(22)28)29(3,32)15-14-23(31)20-10-12-24(33-4)25(16-20)34-5/h7-13,16-17,32H,6,14-15H2,1-5H3. The molecule has 182 valence electrons. The van der Waals surface area contributed by atoms with Gasteiger partial charge in [0.25, 0.3) is 0 Å². The number of fused-ring (bicyclic) bond motifs is 1. The summed E-state index contributed by atoms with van der Waals surface area (Å²) in [6.45, 7) is 5.95. The zero-order chi connectivity index (χ0) is 25.2. The molecule has 0 saturated heterocycles. The van der Waals surface area contributed by atoms with E-state index in [2.05, 4.69) is 37.4 Å². The lowest BCUT2D eigenvalue weighted by Gasteiger charge is -2.24. The molecular formula is C29H31NO4S. The molecule has 1 atom stereocenters. The van der Waals surface area contributed by atoms with Crippen molar-refractivity contribution in [1.29, 1.82) is 0 Å². The van der Waals surface area contributed by atoms with Crippen LogP contribution in [0.3, 0.4) is 0 Å². The molecule has 0 aliphatic rings. The predicted octanol–water partition coefficient (Wildman–Crippen LogP) is 6.72. The normalized spacial score (nSPS) is 13.0. The van der Waals surface area contributed by atoms with Crippen molar-refractivity contribution in [3.8, 4) is 22.8 Å². The molecule has 2 heterocycles. The molecule has 0 aliphatic heterocycles. The molecule has 0 fully saturated rings. The van der Waals surface area contributed by atoms with Crippen LogP contribution >= 0.6 is 11.3 Å². The number of nitrogens with zero attached hydrogens (tertiary/aromatic N) is 1. The Morgan fingerprint density at radius 3 is 2.57 bits per heavy atom. The van der Waals surface area contributed by atoms with Crippen LogP contribution in [0.25, 0.3) is 21.3 Å². The highest BCUT2D eigenvalue weighted by molar-refractivity contribution is 7.18. The van der Waals surface area contributed by atoms with E-state index in [1.165, 1.54) is 22.8 Å². The number of Topliss-reactive ketones (excluding diaryl/α,β-unsaturated/α-hetero) is 1. The fourth-order valence-electron chi connectivity index (χ4n) is 4.33. The summed E-state index contributed by atoms with van der Waals surface area (Å²) < 4.78 is 11.8. The van der Waals surface area contributed by atoms with E-state index in [9.17, 15) is 9.90 Å². The minimum atomic E-state index is -1.25. The summed E-state index contributed by atoms with van der Waals surface area (Å²) in [5.41, 5.74) is 4.19. The van der Waals surface area contributed by atoms with Gasteiger partial charge in [0.15, 0.2) is 17.3 Å². The van der Waals surface area contributed by atoms with Crippen LogP contribution in [-0.4, -0.2) is 30.1 Å². The van der Waals surface area contributed by atoms with Gasteiger partial charge in [0, 0.05) is 33.0 Å². The first-order valence-corrected chi connectivity index (χ1v) is 12.6. The van der Waals surface area contributed by atoms with Crippen LogP contribution in [0.4, 0.5) is 0 Å². The van der Waals surface area contributed by atoms with E-state index in [4.69, 9.17) is 14.5 Å². The van der Waals surface area contributed by atoms with Crippen LogP contribution < -0.4 is 9.47 Å². The Balaban J connectivity index is 1.61. The summed E-state index contributed by atoms with van der Waals surface area (Å²) in [6, 6.07) is 15.3. The third-order valence-corrected chi connectivity index (χ3v) is 7.64. The molecule has 0 spiro atoms. The zero-order valence-corrected chi connectivity index (χ0v) is 21.7. The zero-order valence-electron chi connectivity index (χ0n) is 20.8. The van der Waals surface area contributed by atoms with Gasteiger partial charge in [0.1, 0.15) is 5.60 Å². The highest BCUT2D eigenvalue weighted by Crippen LogP contribution is 2.38. The van der Waals surface area contributed by atoms with Gasteiger partial charge in [-0.05, 0) is 62.1 Å². The Labute approximate surface area is 210 Å². The third-order valence-electron chi connectivity index (χ3n) is 6.51. The van der Waals surface area contributed by atoms with Crippen molar-refractivity contribution in [2.75, 3.05) is 14.2 Å². The van der Waals surface area contributed by atoms with Crippen molar-refractivity contribution < 1.29 is 19.4 Å². The van der Waals surface area contributed by atoms with E-state index < -0.39 is 5.60 Å². The molecule has 4 rings (SSSR count). The topological polar surface area (TPSA) is 68.7 Å². The van der Waals surface area contributed by atoms with E-state index in [1.54, 1.807) is 43.6 Å². The van der Waals surface area contributed by atoms with Crippen molar-refractivity contribution in [2.45, 2.75) is 45.6 Å².